The van der Waals surface area contributed by atoms with Crippen molar-refractivity contribution in [1.29, 1.82) is 0 Å². The molecule has 2 heterocycles. The Bertz CT molecular complexity index is 495. The van der Waals surface area contributed by atoms with Gasteiger partial charge in [-0.25, -0.2) is 0 Å². The third-order valence-electron chi connectivity index (χ3n) is 4.73. The molecule has 0 bridgehead atoms. The number of carbonyl (C=O) groups is 1. The Kier molecular flexibility index (Phi) is 3.33. The lowest BCUT2D eigenvalue weighted by Gasteiger charge is -2.47. The molecule has 1 atom stereocenters. The average Bonchev–Trinajstić information content (AvgIpc) is 2.42. The summed E-state index contributed by atoms with van der Waals surface area (Å²) in [6.45, 7) is 7.69. The van der Waals surface area contributed by atoms with Crippen molar-refractivity contribution < 1.29 is 9.53 Å². The quantitative estimate of drug-likeness (QED) is 0.847. The summed E-state index contributed by atoms with van der Waals surface area (Å²) in [5.41, 5.74) is 1.58. The number of nitrogens with zero attached hydrogens (tertiary/aromatic N) is 1. The van der Waals surface area contributed by atoms with Crippen molar-refractivity contribution in [1.82, 2.24) is 4.90 Å². The normalized spacial score (nSPS) is 29.1. The van der Waals surface area contributed by atoms with Crippen LogP contribution in [0.3, 0.4) is 0 Å². The summed E-state index contributed by atoms with van der Waals surface area (Å²) < 4.78 is 5.31. The van der Waals surface area contributed by atoms with E-state index in [0.29, 0.717) is 12.3 Å². The van der Waals surface area contributed by atoms with Crippen molar-refractivity contribution in [3.05, 3.63) is 35.9 Å². The SMILES string of the molecule is CC1(CN2CC(C)(c3ccccc3)CCC2=O)COC1. The molecule has 1 unspecified atom stereocenters. The molecule has 20 heavy (non-hydrogen) atoms. The van der Waals surface area contributed by atoms with E-state index in [-0.39, 0.29) is 10.8 Å². The molecule has 0 radical (unpaired) electrons. The van der Waals surface area contributed by atoms with Crippen molar-refractivity contribution in [2.45, 2.75) is 32.1 Å². The topological polar surface area (TPSA) is 29.5 Å². The van der Waals surface area contributed by atoms with E-state index < -0.39 is 0 Å². The average molecular weight is 273 g/mol. The highest BCUT2D eigenvalue weighted by Gasteiger charge is 2.41. The molecule has 0 aliphatic carbocycles. The van der Waals surface area contributed by atoms with E-state index in [1.165, 1.54) is 5.56 Å². The number of benzene rings is 1. The highest BCUT2D eigenvalue weighted by molar-refractivity contribution is 5.77. The number of carbonyl (C=O) groups excluding carboxylic acids is 1. The van der Waals surface area contributed by atoms with Crippen molar-refractivity contribution in [2.75, 3.05) is 26.3 Å². The number of likely N-dealkylation sites (tertiary alicyclic amines) is 1. The summed E-state index contributed by atoms with van der Waals surface area (Å²) in [5, 5.41) is 0. The molecule has 3 nitrogen and oxygen atoms in total. The highest BCUT2D eigenvalue weighted by atomic mass is 16.5. The third-order valence-corrected chi connectivity index (χ3v) is 4.73. The Hall–Kier alpha value is -1.35. The second-order valence-electron chi connectivity index (χ2n) is 6.98. The maximum atomic E-state index is 12.2. The number of ether oxygens (including phenoxy) is 1. The molecule has 0 aromatic heterocycles. The predicted octanol–water partition coefficient (Wildman–Crippen LogP) is 2.60. The van der Waals surface area contributed by atoms with Crippen molar-refractivity contribution in [3.63, 3.8) is 0 Å². The summed E-state index contributed by atoms with van der Waals surface area (Å²) >= 11 is 0. The first-order chi connectivity index (χ1) is 9.51. The molecular formula is C17H23NO2. The monoisotopic (exact) mass is 273 g/mol. The molecular weight excluding hydrogens is 250 g/mol. The van der Waals surface area contributed by atoms with Gasteiger partial charge in [0.25, 0.3) is 0 Å². The van der Waals surface area contributed by atoms with Crippen LogP contribution in [-0.4, -0.2) is 37.1 Å². The van der Waals surface area contributed by atoms with Gasteiger partial charge < -0.3 is 9.64 Å². The van der Waals surface area contributed by atoms with Crippen molar-refractivity contribution >= 4 is 5.91 Å². The Morgan fingerprint density at radius 2 is 1.90 bits per heavy atom. The van der Waals surface area contributed by atoms with Crippen LogP contribution < -0.4 is 0 Å². The van der Waals surface area contributed by atoms with Crippen LogP contribution in [0, 0.1) is 5.41 Å². The maximum absolute atomic E-state index is 12.2. The number of amides is 1. The van der Waals surface area contributed by atoms with Gasteiger partial charge in [-0.3, -0.25) is 4.79 Å². The molecule has 1 aromatic carbocycles. The third kappa shape index (κ3) is 2.47. The van der Waals surface area contributed by atoms with E-state index in [0.717, 1.165) is 32.7 Å². The van der Waals surface area contributed by atoms with Gasteiger partial charge in [0, 0.05) is 30.3 Å². The van der Waals surface area contributed by atoms with Gasteiger partial charge in [-0.05, 0) is 12.0 Å². The Balaban J connectivity index is 1.77. The zero-order valence-corrected chi connectivity index (χ0v) is 12.4. The minimum absolute atomic E-state index is 0.0795. The fourth-order valence-electron chi connectivity index (χ4n) is 3.35. The lowest BCUT2D eigenvalue weighted by molar-refractivity contribution is -0.149. The second kappa shape index (κ2) is 4.88. The molecule has 2 aliphatic heterocycles. The van der Waals surface area contributed by atoms with E-state index in [1.54, 1.807) is 0 Å². The number of piperidine rings is 1. The van der Waals surface area contributed by atoms with E-state index >= 15 is 0 Å². The fourth-order valence-corrected chi connectivity index (χ4v) is 3.35. The van der Waals surface area contributed by atoms with E-state index in [2.05, 4.69) is 43.0 Å². The van der Waals surface area contributed by atoms with Gasteiger partial charge in [0.2, 0.25) is 5.91 Å². The molecule has 1 amide bonds. The molecule has 2 aliphatic rings. The van der Waals surface area contributed by atoms with E-state index in [1.807, 2.05) is 6.07 Å². The molecule has 3 heteroatoms. The van der Waals surface area contributed by atoms with E-state index in [4.69, 9.17) is 4.74 Å². The smallest absolute Gasteiger partial charge is 0.222 e. The molecule has 108 valence electrons. The largest absolute Gasteiger partial charge is 0.380 e. The number of hydrogen-bond acceptors (Lipinski definition) is 2. The van der Waals surface area contributed by atoms with Crippen molar-refractivity contribution in [2.24, 2.45) is 5.41 Å². The predicted molar refractivity (Wildman–Crippen MR) is 78.5 cm³/mol. The van der Waals surface area contributed by atoms with Crippen LogP contribution in [0.2, 0.25) is 0 Å². The fraction of sp³-hybridized carbons (Fsp3) is 0.588. The molecule has 1 aromatic rings. The maximum Gasteiger partial charge on any atom is 0.222 e. The van der Waals surface area contributed by atoms with Crippen LogP contribution in [-0.2, 0) is 14.9 Å². The molecule has 2 saturated heterocycles. The highest BCUT2D eigenvalue weighted by Crippen LogP contribution is 2.36. The van der Waals surface area contributed by atoms with Gasteiger partial charge in [0.15, 0.2) is 0 Å². The zero-order chi connectivity index (χ0) is 14.2. The molecule has 3 rings (SSSR count). The van der Waals surface area contributed by atoms with Gasteiger partial charge in [0.05, 0.1) is 13.2 Å². The summed E-state index contributed by atoms with van der Waals surface area (Å²) in [4.78, 5) is 14.3. The van der Waals surface area contributed by atoms with Crippen LogP contribution in [0.15, 0.2) is 30.3 Å². The van der Waals surface area contributed by atoms with Gasteiger partial charge in [-0.15, -0.1) is 0 Å². The van der Waals surface area contributed by atoms with Crippen LogP contribution in [0.1, 0.15) is 32.3 Å². The first kappa shape index (κ1) is 13.6. The van der Waals surface area contributed by atoms with Crippen LogP contribution in [0.5, 0.6) is 0 Å². The molecule has 2 fully saturated rings. The lowest BCUT2D eigenvalue weighted by atomic mass is 9.75. The number of hydrogen-bond donors (Lipinski definition) is 0. The Morgan fingerprint density at radius 1 is 1.20 bits per heavy atom. The van der Waals surface area contributed by atoms with E-state index in [9.17, 15) is 4.79 Å². The Morgan fingerprint density at radius 3 is 2.50 bits per heavy atom. The van der Waals surface area contributed by atoms with Crippen molar-refractivity contribution in [3.8, 4) is 0 Å². The zero-order valence-electron chi connectivity index (χ0n) is 12.4. The number of rotatable bonds is 3. The molecule has 0 N–H and O–H groups in total. The summed E-state index contributed by atoms with van der Waals surface area (Å²) in [6.07, 6.45) is 1.60. The van der Waals surface area contributed by atoms with Gasteiger partial charge in [0.1, 0.15) is 0 Å². The minimum Gasteiger partial charge on any atom is -0.380 e. The van der Waals surface area contributed by atoms with Crippen LogP contribution in [0.4, 0.5) is 0 Å². The summed E-state index contributed by atoms with van der Waals surface area (Å²) in [5.74, 6) is 0.298. The minimum atomic E-state index is 0.0795. The standard InChI is InChI=1S/C17H23NO2/c1-16(12-20-13-16)10-18-11-17(2,9-8-15(18)19)14-6-4-3-5-7-14/h3-7H,8-13H2,1-2H3. The first-order valence-electron chi connectivity index (χ1n) is 7.42. The molecule has 0 saturated carbocycles. The second-order valence-corrected chi connectivity index (χ2v) is 6.98. The van der Waals surface area contributed by atoms with Gasteiger partial charge in [-0.2, -0.15) is 0 Å². The lowest BCUT2D eigenvalue weighted by Crippen LogP contribution is -2.55. The summed E-state index contributed by atoms with van der Waals surface area (Å²) in [6, 6.07) is 10.6. The first-order valence-corrected chi connectivity index (χ1v) is 7.42. The van der Waals surface area contributed by atoms with Crippen LogP contribution >= 0.6 is 0 Å². The van der Waals surface area contributed by atoms with Crippen LogP contribution in [0.25, 0.3) is 0 Å². The Labute approximate surface area is 120 Å². The van der Waals surface area contributed by atoms with Gasteiger partial charge in [-0.1, -0.05) is 44.2 Å². The van der Waals surface area contributed by atoms with Gasteiger partial charge >= 0.3 is 0 Å². The molecule has 0 spiro atoms. The summed E-state index contributed by atoms with van der Waals surface area (Å²) in [7, 11) is 0.